The molecule has 5 heteroatoms. The molecule has 0 aromatic carbocycles. The molecule has 2 heterocycles. The summed E-state index contributed by atoms with van der Waals surface area (Å²) < 4.78 is 5.89. The number of aliphatic hydroxyl groups excluding tert-OH is 2. The number of hydrogen-bond acceptors (Lipinski definition) is 5. The predicted molar refractivity (Wildman–Crippen MR) is 85.6 cm³/mol. The van der Waals surface area contributed by atoms with Gasteiger partial charge in [0.2, 0.25) is 0 Å². The Morgan fingerprint density at radius 2 is 2.14 bits per heavy atom. The van der Waals surface area contributed by atoms with Crippen LogP contribution in [0.25, 0.3) is 0 Å². The Balaban J connectivity index is 1.78. The number of aliphatic imine (C=N–C) groups is 1. The highest BCUT2D eigenvalue weighted by atomic mass is 16.5. The molecule has 0 aromatic heterocycles. The third-order valence-corrected chi connectivity index (χ3v) is 5.30. The van der Waals surface area contributed by atoms with Gasteiger partial charge in [0.05, 0.1) is 18.8 Å². The Labute approximate surface area is 132 Å². The lowest BCUT2D eigenvalue weighted by Crippen LogP contribution is -2.44. The first kappa shape index (κ1) is 15.8. The summed E-state index contributed by atoms with van der Waals surface area (Å²) in [5, 5.41) is 18.9. The Morgan fingerprint density at radius 3 is 2.73 bits per heavy atom. The van der Waals surface area contributed by atoms with Crippen molar-refractivity contribution in [3.8, 4) is 0 Å². The number of hydrogen-bond donors (Lipinski definition) is 2. The Morgan fingerprint density at radius 1 is 1.36 bits per heavy atom. The average Bonchev–Trinajstić information content (AvgIpc) is 2.98. The first-order valence-corrected chi connectivity index (χ1v) is 8.37. The van der Waals surface area contributed by atoms with Crippen molar-refractivity contribution in [2.45, 2.75) is 45.2 Å². The molecule has 0 bridgehead atoms. The summed E-state index contributed by atoms with van der Waals surface area (Å²) >= 11 is 0. The number of nitrogens with zero attached hydrogens (tertiary/aromatic N) is 2. The van der Waals surface area contributed by atoms with E-state index in [0.717, 1.165) is 24.4 Å². The van der Waals surface area contributed by atoms with Crippen LogP contribution >= 0.6 is 0 Å². The molecule has 4 atom stereocenters. The summed E-state index contributed by atoms with van der Waals surface area (Å²) in [6.07, 6.45) is 4.28. The summed E-state index contributed by atoms with van der Waals surface area (Å²) in [6.45, 7) is 7.92. The Bertz CT molecular complexity index is 486. The summed E-state index contributed by atoms with van der Waals surface area (Å²) in [5.41, 5.74) is 0.854. The van der Waals surface area contributed by atoms with E-state index in [1.54, 1.807) is 0 Å². The molecule has 1 fully saturated rings. The van der Waals surface area contributed by atoms with Crippen molar-refractivity contribution >= 4 is 5.90 Å². The third kappa shape index (κ3) is 2.76. The highest BCUT2D eigenvalue weighted by molar-refractivity contribution is 5.81. The second-order valence-electron chi connectivity index (χ2n) is 7.57. The minimum Gasteiger partial charge on any atom is -0.478 e. The van der Waals surface area contributed by atoms with E-state index in [-0.39, 0.29) is 18.8 Å². The normalized spacial score (nSPS) is 36.7. The van der Waals surface area contributed by atoms with Gasteiger partial charge < -0.3 is 19.8 Å². The maximum Gasteiger partial charge on any atom is 0.187 e. The van der Waals surface area contributed by atoms with Gasteiger partial charge >= 0.3 is 0 Å². The molecular weight excluding hydrogens is 280 g/mol. The van der Waals surface area contributed by atoms with E-state index >= 15 is 0 Å². The van der Waals surface area contributed by atoms with Crippen molar-refractivity contribution < 1.29 is 14.9 Å². The van der Waals surface area contributed by atoms with Crippen LogP contribution in [0.2, 0.25) is 0 Å². The molecule has 0 aromatic rings. The summed E-state index contributed by atoms with van der Waals surface area (Å²) in [4.78, 5) is 6.96. The maximum atomic E-state index is 9.58. The van der Waals surface area contributed by atoms with E-state index in [1.165, 1.54) is 0 Å². The van der Waals surface area contributed by atoms with E-state index < -0.39 is 0 Å². The second-order valence-corrected chi connectivity index (χ2v) is 7.57. The minimum atomic E-state index is -0.110. The van der Waals surface area contributed by atoms with Crippen LogP contribution in [-0.2, 0) is 4.74 Å². The van der Waals surface area contributed by atoms with Gasteiger partial charge in [-0.2, -0.15) is 0 Å². The predicted octanol–water partition coefficient (Wildman–Crippen LogP) is 1.41. The zero-order valence-corrected chi connectivity index (χ0v) is 13.8. The zero-order chi connectivity index (χ0) is 15.9. The van der Waals surface area contributed by atoms with Crippen molar-refractivity contribution in [2.24, 2.45) is 22.7 Å². The van der Waals surface area contributed by atoms with Gasteiger partial charge in [-0.15, -0.1) is 0 Å². The summed E-state index contributed by atoms with van der Waals surface area (Å²) in [6, 6.07) is 0.352. The fraction of sp³-hybridized carbons (Fsp3) is 0.824. The van der Waals surface area contributed by atoms with Gasteiger partial charge in [0.15, 0.2) is 5.90 Å². The average molecular weight is 308 g/mol. The molecule has 4 unspecified atom stereocenters. The fourth-order valence-corrected chi connectivity index (χ4v) is 4.22. The van der Waals surface area contributed by atoms with Crippen molar-refractivity contribution in [2.75, 3.05) is 26.4 Å². The zero-order valence-electron chi connectivity index (χ0n) is 13.8. The highest BCUT2D eigenvalue weighted by Gasteiger charge is 2.45. The van der Waals surface area contributed by atoms with Crippen LogP contribution in [0.5, 0.6) is 0 Å². The second kappa shape index (κ2) is 5.85. The van der Waals surface area contributed by atoms with Crippen molar-refractivity contribution in [1.82, 2.24) is 4.90 Å². The molecule has 5 nitrogen and oxygen atoms in total. The molecule has 3 rings (SSSR count). The molecule has 3 aliphatic rings. The van der Waals surface area contributed by atoms with Crippen molar-refractivity contribution in [3.63, 3.8) is 0 Å². The number of aliphatic hydroxyl groups is 2. The van der Waals surface area contributed by atoms with Crippen LogP contribution in [0.15, 0.2) is 16.8 Å². The monoisotopic (exact) mass is 308 g/mol. The van der Waals surface area contributed by atoms with E-state index in [0.29, 0.717) is 36.9 Å². The summed E-state index contributed by atoms with van der Waals surface area (Å²) in [5.74, 6) is 2.25. The van der Waals surface area contributed by atoms with Crippen molar-refractivity contribution in [3.05, 3.63) is 11.8 Å². The van der Waals surface area contributed by atoms with Gasteiger partial charge in [-0.1, -0.05) is 13.0 Å². The van der Waals surface area contributed by atoms with Gasteiger partial charge in [-0.3, -0.25) is 0 Å². The lowest BCUT2D eigenvalue weighted by atomic mass is 9.72. The summed E-state index contributed by atoms with van der Waals surface area (Å²) in [7, 11) is 0. The van der Waals surface area contributed by atoms with Gasteiger partial charge in [-0.25, -0.2) is 4.99 Å². The van der Waals surface area contributed by atoms with Crippen LogP contribution in [0.3, 0.4) is 0 Å². The lowest BCUT2D eigenvalue weighted by Gasteiger charge is -2.40. The number of ether oxygens (including phenoxy) is 1. The molecule has 2 aliphatic heterocycles. The van der Waals surface area contributed by atoms with Gasteiger partial charge in [-0.05, 0) is 38.5 Å². The fourth-order valence-electron chi connectivity index (χ4n) is 4.22. The molecule has 124 valence electrons. The largest absolute Gasteiger partial charge is 0.478 e. The first-order chi connectivity index (χ1) is 10.4. The van der Waals surface area contributed by atoms with Crippen LogP contribution in [0.1, 0.15) is 33.6 Å². The van der Waals surface area contributed by atoms with Crippen LogP contribution in [0, 0.1) is 17.8 Å². The van der Waals surface area contributed by atoms with E-state index in [4.69, 9.17) is 9.73 Å². The SMILES string of the molecule is CC1CC2C=C(CO)N(CCO)C2CC1C1=NC(C)(C)CO1. The van der Waals surface area contributed by atoms with Crippen LogP contribution < -0.4 is 0 Å². The quantitative estimate of drug-likeness (QED) is 0.824. The van der Waals surface area contributed by atoms with Gasteiger partial charge in [0.1, 0.15) is 6.61 Å². The standard InChI is InChI=1S/C17H28N2O3/c1-11-6-12-7-13(9-21)19(4-5-20)15(12)8-14(11)16-18-17(2,3)10-22-16/h7,11-12,14-15,20-21H,4-6,8-10H2,1-3H3. The van der Waals surface area contributed by atoms with Gasteiger partial charge in [0.25, 0.3) is 0 Å². The molecule has 0 saturated heterocycles. The van der Waals surface area contributed by atoms with Crippen LogP contribution in [-0.4, -0.2) is 59.0 Å². The molecular formula is C17H28N2O3. The van der Waals surface area contributed by atoms with Crippen molar-refractivity contribution in [1.29, 1.82) is 0 Å². The molecule has 0 radical (unpaired) electrons. The molecule has 1 saturated carbocycles. The first-order valence-electron chi connectivity index (χ1n) is 8.37. The number of fused-ring (bicyclic) bond motifs is 1. The number of β-amino-alcohol motifs (C(OH)–C–C–N with tert-alkyl or cyclic N) is 1. The number of rotatable bonds is 4. The minimum absolute atomic E-state index is 0.0521. The van der Waals surface area contributed by atoms with E-state index in [9.17, 15) is 10.2 Å². The molecule has 22 heavy (non-hydrogen) atoms. The lowest BCUT2D eigenvalue weighted by molar-refractivity contribution is 0.105. The van der Waals surface area contributed by atoms with E-state index in [2.05, 4.69) is 31.7 Å². The third-order valence-electron chi connectivity index (χ3n) is 5.30. The van der Waals surface area contributed by atoms with Gasteiger partial charge in [0, 0.05) is 24.2 Å². The highest BCUT2D eigenvalue weighted by Crippen LogP contribution is 2.44. The Kier molecular flexibility index (Phi) is 4.21. The van der Waals surface area contributed by atoms with E-state index in [1.807, 2.05) is 0 Å². The molecule has 0 spiro atoms. The topological polar surface area (TPSA) is 65.3 Å². The molecule has 1 aliphatic carbocycles. The Hall–Kier alpha value is -1.07. The van der Waals surface area contributed by atoms with Crippen LogP contribution in [0.4, 0.5) is 0 Å². The molecule has 0 amide bonds. The maximum absolute atomic E-state index is 9.58. The molecule has 2 N–H and O–H groups in total. The smallest absolute Gasteiger partial charge is 0.187 e.